The van der Waals surface area contributed by atoms with Crippen molar-refractivity contribution in [2.24, 2.45) is 0 Å². The van der Waals surface area contributed by atoms with Gasteiger partial charge in [-0.15, -0.1) is 0 Å². The quantitative estimate of drug-likeness (QED) is 0.836. The van der Waals surface area contributed by atoms with Crippen LogP contribution in [0.25, 0.3) is 5.69 Å². The van der Waals surface area contributed by atoms with Crippen LogP contribution in [0, 0.1) is 6.92 Å². The summed E-state index contributed by atoms with van der Waals surface area (Å²) in [4.78, 5) is 16.9. The monoisotopic (exact) mass is 264 g/mol. The lowest BCUT2D eigenvalue weighted by atomic mass is 10.3. The largest absolute Gasteiger partial charge is 0.312 e. The maximum atomic E-state index is 11.3. The molecule has 2 aromatic rings. The number of hydrogen-bond acceptors (Lipinski definition) is 3. The molecule has 0 aromatic carbocycles. The minimum absolute atomic E-state index is 0.0983. The van der Waals surface area contributed by atoms with Gasteiger partial charge < -0.3 is 4.90 Å². The summed E-state index contributed by atoms with van der Waals surface area (Å²) in [6, 6.07) is 1.94. The molecule has 94 valence electrons. The van der Waals surface area contributed by atoms with Crippen molar-refractivity contribution in [2.75, 3.05) is 11.9 Å². The number of hydrogen-bond donors (Lipinski definition) is 0. The van der Waals surface area contributed by atoms with Gasteiger partial charge in [-0.1, -0.05) is 11.6 Å². The first-order valence-corrected chi connectivity index (χ1v) is 5.78. The maximum Gasteiger partial charge on any atom is 0.223 e. The van der Waals surface area contributed by atoms with Crippen LogP contribution in [-0.4, -0.2) is 27.7 Å². The van der Waals surface area contributed by atoms with Gasteiger partial charge in [0.2, 0.25) is 5.91 Å². The van der Waals surface area contributed by atoms with Crippen LogP contribution < -0.4 is 4.90 Å². The van der Waals surface area contributed by atoms with Gasteiger partial charge in [-0.25, -0.2) is 4.68 Å². The molecule has 0 N–H and O–H groups in total. The summed E-state index contributed by atoms with van der Waals surface area (Å²) in [6.45, 7) is 3.42. The molecule has 0 bridgehead atoms. The molecule has 0 saturated carbocycles. The molecule has 5 nitrogen and oxygen atoms in total. The highest BCUT2D eigenvalue weighted by atomic mass is 35.5. The number of carbonyl (C=O) groups is 1. The Morgan fingerprint density at radius 2 is 2.17 bits per heavy atom. The SMILES string of the molecule is CC(=O)N(C)c1cn(-c2cncc(C)c2)nc1Cl. The number of aromatic nitrogens is 3. The van der Waals surface area contributed by atoms with Crippen LogP contribution in [0.1, 0.15) is 12.5 Å². The number of amides is 1. The van der Waals surface area contributed by atoms with Gasteiger partial charge in [0.05, 0.1) is 18.1 Å². The predicted molar refractivity (Wildman–Crippen MR) is 70.2 cm³/mol. The zero-order valence-corrected chi connectivity index (χ0v) is 11.1. The Labute approximate surface area is 110 Å². The van der Waals surface area contributed by atoms with E-state index in [0.29, 0.717) is 5.69 Å². The highest BCUT2D eigenvalue weighted by molar-refractivity contribution is 6.32. The highest BCUT2D eigenvalue weighted by Gasteiger charge is 2.14. The first-order valence-electron chi connectivity index (χ1n) is 5.40. The van der Waals surface area contributed by atoms with Crippen LogP contribution in [0.4, 0.5) is 5.69 Å². The minimum atomic E-state index is -0.0983. The predicted octanol–water partition coefficient (Wildman–Crippen LogP) is 2.21. The van der Waals surface area contributed by atoms with E-state index in [0.717, 1.165) is 11.3 Å². The molecule has 0 radical (unpaired) electrons. The van der Waals surface area contributed by atoms with E-state index in [1.165, 1.54) is 11.8 Å². The number of anilines is 1. The van der Waals surface area contributed by atoms with Crippen molar-refractivity contribution in [3.05, 3.63) is 35.4 Å². The lowest BCUT2D eigenvalue weighted by Crippen LogP contribution is -2.22. The van der Waals surface area contributed by atoms with Crippen LogP contribution >= 0.6 is 11.6 Å². The summed E-state index contributed by atoms with van der Waals surface area (Å²) in [5.41, 5.74) is 2.41. The Balaban J connectivity index is 2.43. The van der Waals surface area contributed by atoms with E-state index >= 15 is 0 Å². The molecular formula is C12H13ClN4O. The zero-order chi connectivity index (χ0) is 13.3. The van der Waals surface area contributed by atoms with Gasteiger partial charge in [0.15, 0.2) is 5.15 Å². The summed E-state index contributed by atoms with van der Waals surface area (Å²) in [7, 11) is 1.66. The number of aryl methyl sites for hydroxylation is 1. The number of pyridine rings is 1. The second-order valence-corrected chi connectivity index (χ2v) is 4.41. The van der Waals surface area contributed by atoms with E-state index in [1.54, 1.807) is 30.3 Å². The van der Waals surface area contributed by atoms with Gasteiger partial charge in [0.1, 0.15) is 5.69 Å². The van der Waals surface area contributed by atoms with Crippen molar-refractivity contribution in [3.63, 3.8) is 0 Å². The number of nitrogens with zero attached hydrogens (tertiary/aromatic N) is 4. The molecule has 0 fully saturated rings. The first-order chi connectivity index (χ1) is 8.49. The van der Waals surface area contributed by atoms with Crippen LogP contribution in [0.3, 0.4) is 0 Å². The van der Waals surface area contributed by atoms with Gasteiger partial charge in [0, 0.05) is 20.2 Å². The van der Waals surface area contributed by atoms with E-state index < -0.39 is 0 Å². The molecule has 1 amide bonds. The Morgan fingerprint density at radius 3 is 2.78 bits per heavy atom. The van der Waals surface area contributed by atoms with Crippen molar-refractivity contribution < 1.29 is 4.79 Å². The fourth-order valence-electron chi connectivity index (χ4n) is 1.53. The molecule has 6 heteroatoms. The Kier molecular flexibility index (Phi) is 3.34. The second kappa shape index (κ2) is 4.78. The van der Waals surface area contributed by atoms with Crippen molar-refractivity contribution in [1.82, 2.24) is 14.8 Å². The molecule has 0 atom stereocenters. The fourth-order valence-corrected chi connectivity index (χ4v) is 1.79. The summed E-state index contributed by atoms with van der Waals surface area (Å²) >= 11 is 6.03. The normalized spacial score (nSPS) is 10.4. The number of halogens is 1. The molecule has 18 heavy (non-hydrogen) atoms. The van der Waals surface area contributed by atoms with Gasteiger partial charge in [0.25, 0.3) is 0 Å². The molecule has 2 heterocycles. The molecule has 0 unspecified atom stereocenters. The third kappa shape index (κ3) is 2.36. The van der Waals surface area contributed by atoms with Gasteiger partial charge in [-0.05, 0) is 18.6 Å². The molecular weight excluding hydrogens is 252 g/mol. The molecule has 2 aromatic heterocycles. The highest BCUT2D eigenvalue weighted by Crippen LogP contribution is 2.25. The number of carbonyl (C=O) groups excluding carboxylic acids is 1. The van der Waals surface area contributed by atoms with Crippen LogP contribution in [0.15, 0.2) is 24.7 Å². The zero-order valence-electron chi connectivity index (χ0n) is 10.4. The third-order valence-corrected chi connectivity index (χ3v) is 2.88. The molecule has 0 spiro atoms. The van der Waals surface area contributed by atoms with E-state index in [-0.39, 0.29) is 11.1 Å². The van der Waals surface area contributed by atoms with E-state index in [9.17, 15) is 4.79 Å². The number of rotatable bonds is 2. The summed E-state index contributed by atoms with van der Waals surface area (Å²) in [6.07, 6.45) is 5.16. The lowest BCUT2D eigenvalue weighted by molar-refractivity contribution is -0.116. The molecule has 2 rings (SSSR count). The van der Waals surface area contributed by atoms with Gasteiger partial charge in [-0.3, -0.25) is 9.78 Å². The van der Waals surface area contributed by atoms with Crippen LogP contribution in [0.2, 0.25) is 5.15 Å². The topological polar surface area (TPSA) is 51.0 Å². The Hall–Kier alpha value is -1.88. The molecule has 0 aliphatic rings. The maximum absolute atomic E-state index is 11.3. The van der Waals surface area contributed by atoms with E-state index in [4.69, 9.17) is 11.6 Å². The van der Waals surface area contributed by atoms with E-state index in [1.807, 2.05) is 13.0 Å². The Bertz CT molecular complexity index is 594. The Morgan fingerprint density at radius 1 is 1.44 bits per heavy atom. The third-order valence-electron chi connectivity index (χ3n) is 2.61. The van der Waals surface area contributed by atoms with Gasteiger partial charge in [-0.2, -0.15) is 5.10 Å². The molecule has 0 saturated heterocycles. The van der Waals surface area contributed by atoms with E-state index in [2.05, 4.69) is 10.1 Å². The van der Waals surface area contributed by atoms with Crippen LogP contribution in [0.5, 0.6) is 0 Å². The fraction of sp³-hybridized carbons (Fsp3) is 0.250. The van der Waals surface area contributed by atoms with Gasteiger partial charge >= 0.3 is 0 Å². The van der Waals surface area contributed by atoms with Crippen LogP contribution in [-0.2, 0) is 4.79 Å². The van der Waals surface area contributed by atoms with Crippen molar-refractivity contribution in [3.8, 4) is 5.69 Å². The standard InChI is InChI=1S/C12H13ClN4O/c1-8-4-10(6-14-5-8)17-7-11(12(13)15-17)16(3)9(2)18/h4-7H,1-3H3. The van der Waals surface area contributed by atoms with Crippen molar-refractivity contribution >= 4 is 23.2 Å². The first kappa shape index (κ1) is 12.6. The second-order valence-electron chi connectivity index (χ2n) is 4.05. The average molecular weight is 265 g/mol. The lowest BCUT2D eigenvalue weighted by Gasteiger charge is -2.11. The minimum Gasteiger partial charge on any atom is -0.312 e. The molecule has 0 aliphatic carbocycles. The van der Waals surface area contributed by atoms with Crippen molar-refractivity contribution in [2.45, 2.75) is 13.8 Å². The summed E-state index contributed by atoms with van der Waals surface area (Å²) < 4.78 is 1.61. The smallest absolute Gasteiger partial charge is 0.223 e. The molecule has 0 aliphatic heterocycles. The average Bonchev–Trinajstić information content (AvgIpc) is 2.70. The van der Waals surface area contributed by atoms with Crippen molar-refractivity contribution in [1.29, 1.82) is 0 Å². The summed E-state index contributed by atoms with van der Waals surface area (Å²) in [5, 5.41) is 4.46. The summed E-state index contributed by atoms with van der Waals surface area (Å²) in [5.74, 6) is -0.0983.